The van der Waals surface area contributed by atoms with Crippen LogP contribution in [0.5, 0.6) is 5.75 Å². The average molecular weight is 308 g/mol. The number of rotatable bonds is 5. The minimum Gasteiger partial charge on any atom is -0.488 e. The Morgan fingerprint density at radius 2 is 1.80 bits per heavy atom. The SMILES string of the molecule is NC(=S)c1c(Cl)cccc1OCc1ccc(CO)cc1. The van der Waals surface area contributed by atoms with Gasteiger partial charge < -0.3 is 15.6 Å². The largest absolute Gasteiger partial charge is 0.488 e. The minimum absolute atomic E-state index is 0.0288. The van der Waals surface area contributed by atoms with E-state index in [9.17, 15) is 0 Å². The van der Waals surface area contributed by atoms with E-state index < -0.39 is 0 Å². The molecule has 0 spiro atoms. The Kier molecular flexibility index (Phi) is 4.95. The molecule has 0 saturated carbocycles. The lowest BCUT2D eigenvalue weighted by atomic mass is 10.1. The zero-order valence-electron chi connectivity index (χ0n) is 10.7. The van der Waals surface area contributed by atoms with Crippen molar-refractivity contribution in [2.75, 3.05) is 0 Å². The fourth-order valence-electron chi connectivity index (χ4n) is 1.77. The quantitative estimate of drug-likeness (QED) is 0.834. The van der Waals surface area contributed by atoms with Crippen molar-refractivity contribution in [1.82, 2.24) is 0 Å². The number of hydrogen-bond donors (Lipinski definition) is 2. The molecule has 3 N–H and O–H groups in total. The molecule has 0 aliphatic carbocycles. The summed E-state index contributed by atoms with van der Waals surface area (Å²) in [5.41, 5.74) is 8.06. The van der Waals surface area contributed by atoms with Crippen molar-refractivity contribution in [2.45, 2.75) is 13.2 Å². The fourth-order valence-corrected chi connectivity index (χ4v) is 2.30. The van der Waals surface area contributed by atoms with E-state index in [-0.39, 0.29) is 11.6 Å². The van der Waals surface area contributed by atoms with Crippen LogP contribution in [0.3, 0.4) is 0 Å². The van der Waals surface area contributed by atoms with Crippen LogP contribution < -0.4 is 10.5 Å². The number of ether oxygens (including phenoxy) is 1. The third-order valence-corrected chi connectivity index (χ3v) is 3.34. The number of nitrogens with two attached hydrogens (primary N) is 1. The van der Waals surface area contributed by atoms with Crippen molar-refractivity contribution in [1.29, 1.82) is 0 Å². The second-order valence-corrected chi connectivity index (χ2v) is 5.09. The molecule has 3 nitrogen and oxygen atoms in total. The highest BCUT2D eigenvalue weighted by Crippen LogP contribution is 2.27. The van der Waals surface area contributed by atoms with Crippen LogP contribution in [0.2, 0.25) is 5.02 Å². The molecule has 2 aromatic carbocycles. The second-order valence-electron chi connectivity index (χ2n) is 4.24. The molecule has 0 radical (unpaired) electrons. The number of thiocarbonyl (C=S) groups is 1. The number of halogens is 1. The molecule has 0 amide bonds. The summed E-state index contributed by atoms with van der Waals surface area (Å²) in [4.78, 5) is 0.209. The average Bonchev–Trinajstić information content (AvgIpc) is 2.45. The molecule has 0 atom stereocenters. The lowest BCUT2D eigenvalue weighted by Gasteiger charge is -2.12. The predicted molar refractivity (Wildman–Crippen MR) is 84.0 cm³/mol. The molecule has 104 valence electrons. The molecule has 5 heteroatoms. The van der Waals surface area contributed by atoms with E-state index in [4.69, 9.17) is 39.4 Å². The van der Waals surface area contributed by atoms with Gasteiger partial charge in [0.05, 0.1) is 17.2 Å². The molecule has 0 aliphatic rings. The van der Waals surface area contributed by atoms with E-state index in [0.29, 0.717) is 22.9 Å². The molecule has 0 aliphatic heterocycles. The van der Waals surface area contributed by atoms with Gasteiger partial charge in [-0.3, -0.25) is 0 Å². The van der Waals surface area contributed by atoms with Gasteiger partial charge in [-0.1, -0.05) is 54.2 Å². The topological polar surface area (TPSA) is 55.5 Å². The highest BCUT2D eigenvalue weighted by Gasteiger charge is 2.10. The van der Waals surface area contributed by atoms with Crippen molar-refractivity contribution >= 4 is 28.8 Å². The first kappa shape index (κ1) is 14.8. The summed E-state index contributed by atoms with van der Waals surface area (Å²) in [7, 11) is 0. The summed E-state index contributed by atoms with van der Waals surface area (Å²) < 4.78 is 5.72. The summed E-state index contributed by atoms with van der Waals surface area (Å²) in [5.74, 6) is 0.566. The maximum atomic E-state index is 8.99. The van der Waals surface area contributed by atoms with Crippen LogP contribution >= 0.6 is 23.8 Å². The second kappa shape index (κ2) is 6.70. The molecular weight excluding hydrogens is 294 g/mol. The molecule has 0 saturated heterocycles. The zero-order valence-corrected chi connectivity index (χ0v) is 12.2. The highest BCUT2D eigenvalue weighted by molar-refractivity contribution is 7.80. The van der Waals surface area contributed by atoms with Gasteiger partial charge in [-0.15, -0.1) is 0 Å². The first-order valence-electron chi connectivity index (χ1n) is 6.01. The Labute approximate surface area is 127 Å². The number of aliphatic hydroxyl groups is 1. The third kappa shape index (κ3) is 3.48. The summed E-state index contributed by atoms with van der Waals surface area (Å²) in [6.45, 7) is 0.405. The molecule has 2 aromatic rings. The van der Waals surface area contributed by atoms with Gasteiger partial charge in [-0.2, -0.15) is 0 Å². The summed E-state index contributed by atoms with van der Waals surface area (Å²) in [6, 6.07) is 12.8. The maximum Gasteiger partial charge on any atom is 0.131 e. The Balaban J connectivity index is 2.14. The Hall–Kier alpha value is -1.62. The van der Waals surface area contributed by atoms with Crippen molar-refractivity contribution in [3.63, 3.8) is 0 Å². The summed E-state index contributed by atoms with van der Waals surface area (Å²) in [6.07, 6.45) is 0. The molecule has 20 heavy (non-hydrogen) atoms. The number of hydrogen-bond acceptors (Lipinski definition) is 3. The predicted octanol–water partition coefficient (Wildman–Crippen LogP) is 3.05. The first-order chi connectivity index (χ1) is 9.61. The van der Waals surface area contributed by atoms with E-state index >= 15 is 0 Å². The van der Waals surface area contributed by atoms with Crippen molar-refractivity contribution < 1.29 is 9.84 Å². The van der Waals surface area contributed by atoms with Gasteiger partial charge in [0.25, 0.3) is 0 Å². The summed E-state index contributed by atoms with van der Waals surface area (Å²) in [5, 5.41) is 9.47. The van der Waals surface area contributed by atoms with Crippen LogP contribution in [0, 0.1) is 0 Å². The molecule has 0 aromatic heterocycles. The van der Waals surface area contributed by atoms with E-state index in [2.05, 4.69) is 0 Å². The molecular formula is C15H14ClNO2S. The molecule has 0 heterocycles. The molecule has 0 unspecified atom stereocenters. The monoisotopic (exact) mass is 307 g/mol. The van der Waals surface area contributed by atoms with Crippen LogP contribution in [0.15, 0.2) is 42.5 Å². The Morgan fingerprint density at radius 3 is 2.40 bits per heavy atom. The highest BCUT2D eigenvalue weighted by atomic mass is 35.5. The first-order valence-corrected chi connectivity index (χ1v) is 6.80. The van der Waals surface area contributed by atoms with Crippen molar-refractivity contribution in [2.24, 2.45) is 5.73 Å². The number of benzene rings is 2. The van der Waals surface area contributed by atoms with Crippen molar-refractivity contribution in [3.05, 3.63) is 64.2 Å². The van der Waals surface area contributed by atoms with Crippen LogP contribution in [-0.4, -0.2) is 10.1 Å². The van der Waals surface area contributed by atoms with Crippen LogP contribution in [0.4, 0.5) is 0 Å². The van der Waals surface area contributed by atoms with Crippen LogP contribution in [-0.2, 0) is 13.2 Å². The lowest BCUT2D eigenvalue weighted by Crippen LogP contribution is -2.12. The molecule has 2 rings (SSSR count). The van der Waals surface area contributed by atoms with E-state index in [1.165, 1.54) is 0 Å². The fraction of sp³-hybridized carbons (Fsp3) is 0.133. The van der Waals surface area contributed by atoms with Gasteiger partial charge in [0.15, 0.2) is 0 Å². The van der Waals surface area contributed by atoms with Gasteiger partial charge >= 0.3 is 0 Å². The van der Waals surface area contributed by atoms with Crippen molar-refractivity contribution in [3.8, 4) is 5.75 Å². The van der Waals surface area contributed by atoms with Crippen LogP contribution in [0.1, 0.15) is 16.7 Å². The lowest BCUT2D eigenvalue weighted by molar-refractivity contribution is 0.281. The molecule has 0 fully saturated rings. The zero-order chi connectivity index (χ0) is 14.5. The minimum atomic E-state index is 0.0288. The maximum absolute atomic E-state index is 8.99. The smallest absolute Gasteiger partial charge is 0.131 e. The van der Waals surface area contributed by atoms with Gasteiger partial charge in [0, 0.05) is 0 Å². The standard InChI is InChI=1S/C15H14ClNO2S/c16-12-2-1-3-13(14(12)15(17)20)19-9-11-6-4-10(8-18)5-7-11/h1-7,18H,8-9H2,(H2,17,20). The Bertz CT molecular complexity index is 614. The van der Waals surface area contributed by atoms with Gasteiger partial charge in [-0.05, 0) is 23.3 Å². The summed E-state index contributed by atoms with van der Waals surface area (Å²) >= 11 is 11.1. The number of aliphatic hydroxyl groups excluding tert-OH is 1. The Morgan fingerprint density at radius 1 is 1.15 bits per heavy atom. The third-order valence-electron chi connectivity index (χ3n) is 2.82. The van der Waals surface area contributed by atoms with Gasteiger partial charge in [0.2, 0.25) is 0 Å². The normalized spacial score (nSPS) is 10.3. The van der Waals surface area contributed by atoms with Gasteiger partial charge in [-0.25, -0.2) is 0 Å². The molecule has 0 bridgehead atoms. The van der Waals surface area contributed by atoms with E-state index in [1.54, 1.807) is 18.2 Å². The van der Waals surface area contributed by atoms with E-state index in [1.807, 2.05) is 24.3 Å². The van der Waals surface area contributed by atoms with E-state index in [0.717, 1.165) is 11.1 Å². The van der Waals surface area contributed by atoms with Gasteiger partial charge in [0.1, 0.15) is 17.3 Å². The van der Waals surface area contributed by atoms with Crippen LogP contribution in [0.25, 0.3) is 0 Å².